The zero-order valence-electron chi connectivity index (χ0n) is 10.4. The molecule has 0 unspecified atom stereocenters. The molecule has 19 heavy (non-hydrogen) atoms. The lowest BCUT2D eigenvalue weighted by atomic mass is 10.1. The second-order valence-electron chi connectivity index (χ2n) is 4.13. The summed E-state index contributed by atoms with van der Waals surface area (Å²) in [6.45, 7) is 2.32. The minimum atomic E-state index is -4.32. The Morgan fingerprint density at radius 1 is 1.21 bits per heavy atom. The summed E-state index contributed by atoms with van der Waals surface area (Å²) < 4.78 is 39.1. The highest BCUT2D eigenvalue weighted by molar-refractivity contribution is 5.38. The third-order valence-electron chi connectivity index (χ3n) is 2.95. The van der Waals surface area contributed by atoms with Crippen LogP contribution in [0.5, 0.6) is 0 Å². The molecular formula is C13H14F3N3. The van der Waals surface area contributed by atoms with E-state index in [2.05, 4.69) is 5.10 Å². The van der Waals surface area contributed by atoms with E-state index in [1.807, 2.05) is 6.92 Å². The molecule has 0 saturated heterocycles. The van der Waals surface area contributed by atoms with Crippen LogP contribution < -0.4 is 5.73 Å². The number of alkyl halides is 3. The first-order valence-electron chi connectivity index (χ1n) is 5.90. The van der Waals surface area contributed by atoms with E-state index in [4.69, 9.17) is 5.73 Å². The van der Waals surface area contributed by atoms with Crippen molar-refractivity contribution in [3.05, 3.63) is 47.3 Å². The van der Waals surface area contributed by atoms with Crippen LogP contribution in [0.2, 0.25) is 0 Å². The standard InChI is InChI=1S/C13H14F3N3/c1-2-12-9(7-17)8-18-19(12)11-5-3-10(4-6-11)13(14,15)16/h3-6,8H,2,7,17H2,1H3. The molecule has 6 heteroatoms. The number of benzene rings is 1. The fraction of sp³-hybridized carbons (Fsp3) is 0.308. The van der Waals surface area contributed by atoms with Crippen LogP contribution in [0.4, 0.5) is 13.2 Å². The maximum atomic E-state index is 12.5. The van der Waals surface area contributed by atoms with Gasteiger partial charge in [0.2, 0.25) is 0 Å². The van der Waals surface area contributed by atoms with E-state index >= 15 is 0 Å². The highest BCUT2D eigenvalue weighted by Crippen LogP contribution is 2.29. The summed E-state index contributed by atoms with van der Waals surface area (Å²) in [5.41, 5.74) is 7.36. The average Bonchev–Trinajstić information content (AvgIpc) is 2.80. The van der Waals surface area contributed by atoms with E-state index in [0.717, 1.165) is 23.4 Å². The molecule has 0 amide bonds. The molecule has 2 rings (SSSR count). The largest absolute Gasteiger partial charge is 0.416 e. The second-order valence-corrected chi connectivity index (χ2v) is 4.13. The van der Waals surface area contributed by atoms with Gasteiger partial charge in [0.05, 0.1) is 17.4 Å². The second kappa shape index (κ2) is 5.05. The number of nitrogens with zero attached hydrogens (tertiary/aromatic N) is 2. The van der Waals surface area contributed by atoms with Gasteiger partial charge in [-0.3, -0.25) is 0 Å². The molecular weight excluding hydrogens is 255 g/mol. The van der Waals surface area contributed by atoms with Crippen LogP contribution in [0, 0.1) is 0 Å². The molecule has 0 bridgehead atoms. The third-order valence-corrected chi connectivity index (χ3v) is 2.95. The van der Waals surface area contributed by atoms with Crippen LogP contribution >= 0.6 is 0 Å². The highest BCUT2D eigenvalue weighted by Gasteiger charge is 2.30. The first-order valence-corrected chi connectivity index (χ1v) is 5.90. The number of hydrogen-bond donors (Lipinski definition) is 1. The lowest BCUT2D eigenvalue weighted by Gasteiger charge is -2.10. The molecule has 0 aliphatic rings. The Balaban J connectivity index is 2.40. The predicted molar refractivity (Wildman–Crippen MR) is 65.8 cm³/mol. The molecule has 0 aliphatic carbocycles. The van der Waals surface area contributed by atoms with Crippen LogP contribution in [0.25, 0.3) is 5.69 Å². The third kappa shape index (κ3) is 2.63. The van der Waals surface area contributed by atoms with E-state index in [1.165, 1.54) is 12.1 Å². The topological polar surface area (TPSA) is 43.8 Å². The van der Waals surface area contributed by atoms with Gasteiger partial charge in [-0.1, -0.05) is 6.92 Å². The van der Waals surface area contributed by atoms with Crippen molar-refractivity contribution in [1.82, 2.24) is 9.78 Å². The van der Waals surface area contributed by atoms with E-state index in [0.29, 0.717) is 18.7 Å². The minimum Gasteiger partial charge on any atom is -0.326 e. The number of nitrogens with two attached hydrogens (primary N) is 1. The van der Waals surface area contributed by atoms with Gasteiger partial charge in [0.25, 0.3) is 0 Å². The van der Waals surface area contributed by atoms with Gasteiger partial charge in [-0.2, -0.15) is 18.3 Å². The highest BCUT2D eigenvalue weighted by atomic mass is 19.4. The van der Waals surface area contributed by atoms with Crippen molar-refractivity contribution in [2.45, 2.75) is 26.1 Å². The zero-order chi connectivity index (χ0) is 14.0. The Bertz CT molecular complexity index is 556. The molecule has 2 aromatic rings. The van der Waals surface area contributed by atoms with Gasteiger partial charge in [-0.25, -0.2) is 4.68 Å². The van der Waals surface area contributed by atoms with Crippen molar-refractivity contribution in [3.8, 4) is 5.69 Å². The summed E-state index contributed by atoms with van der Waals surface area (Å²) in [6.07, 6.45) is -1.96. The number of aromatic nitrogens is 2. The molecule has 0 aliphatic heterocycles. The van der Waals surface area contributed by atoms with Gasteiger partial charge in [0.1, 0.15) is 0 Å². The predicted octanol–water partition coefficient (Wildman–Crippen LogP) is 2.91. The maximum Gasteiger partial charge on any atom is 0.416 e. The fourth-order valence-electron chi connectivity index (χ4n) is 1.97. The lowest BCUT2D eigenvalue weighted by molar-refractivity contribution is -0.137. The fourth-order valence-corrected chi connectivity index (χ4v) is 1.97. The van der Waals surface area contributed by atoms with Gasteiger partial charge in [-0.15, -0.1) is 0 Å². The molecule has 1 heterocycles. The molecule has 1 aromatic heterocycles. The van der Waals surface area contributed by atoms with Crippen molar-refractivity contribution < 1.29 is 13.2 Å². The quantitative estimate of drug-likeness (QED) is 0.931. The Morgan fingerprint density at radius 3 is 2.32 bits per heavy atom. The zero-order valence-corrected chi connectivity index (χ0v) is 10.4. The van der Waals surface area contributed by atoms with Gasteiger partial charge in [0.15, 0.2) is 0 Å². The maximum absolute atomic E-state index is 12.5. The molecule has 102 valence electrons. The molecule has 2 N–H and O–H groups in total. The van der Waals surface area contributed by atoms with E-state index < -0.39 is 11.7 Å². The van der Waals surface area contributed by atoms with Crippen LogP contribution in [-0.2, 0) is 19.1 Å². The first-order chi connectivity index (χ1) is 8.97. The van der Waals surface area contributed by atoms with Crippen LogP contribution in [0.1, 0.15) is 23.7 Å². The van der Waals surface area contributed by atoms with Crippen molar-refractivity contribution in [2.24, 2.45) is 5.73 Å². The molecule has 3 nitrogen and oxygen atoms in total. The smallest absolute Gasteiger partial charge is 0.326 e. The van der Waals surface area contributed by atoms with Crippen LogP contribution in [-0.4, -0.2) is 9.78 Å². The molecule has 1 aromatic carbocycles. The molecule has 0 radical (unpaired) electrons. The van der Waals surface area contributed by atoms with Crippen molar-refractivity contribution in [1.29, 1.82) is 0 Å². The van der Waals surface area contributed by atoms with E-state index in [9.17, 15) is 13.2 Å². The van der Waals surface area contributed by atoms with Crippen molar-refractivity contribution >= 4 is 0 Å². The average molecular weight is 269 g/mol. The van der Waals surface area contributed by atoms with Crippen molar-refractivity contribution in [2.75, 3.05) is 0 Å². The van der Waals surface area contributed by atoms with Crippen molar-refractivity contribution in [3.63, 3.8) is 0 Å². The Kier molecular flexibility index (Phi) is 3.61. The Hall–Kier alpha value is -1.82. The molecule has 0 spiro atoms. The number of halogens is 3. The molecule has 0 saturated carbocycles. The summed E-state index contributed by atoms with van der Waals surface area (Å²) in [5, 5.41) is 4.18. The van der Waals surface area contributed by atoms with Crippen LogP contribution in [0.3, 0.4) is 0 Å². The number of hydrogen-bond acceptors (Lipinski definition) is 2. The van der Waals surface area contributed by atoms with Crippen LogP contribution in [0.15, 0.2) is 30.5 Å². The molecule has 0 atom stereocenters. The summed E-state index contributed by atoms with van der Waals surface area (Å²) in [6, 6.07) is 4.93. The van der Waals surface area contributed by atoms with Gasteiger partial charge in [0, 0.05) is 17.8 Å². The summed E-state index contributed by atoms with van der Waals surface area (Å²) in [5.74, 6) is 0. The Morgan fingerprint density at radius 2 is 1.84 bits per heavy atom. The lowest BCUT2D eigenvalue weighted by Crippen LogP contribution is -2.07. The first kappa shape index (κ1) is 13.6. The minimum absolute atomic E-state index is 0.365. The van der Waals surface area contributed by atoms with Gasteiger partial charge >= 0.3 is 6.18 Å². The number of rotatable bonds is 3. The summed E-state index contributed by atoms with van der Waals surface area (Å²) in [7, 11) is 0. The normalized spacial score (nSPS) is 11.8. The van der Waals surface area contributed by atoms with E-state index in [1.54, 1.807) is 10.9 Å². The monoisotopic (exact) mass is 269 g/mol. The van der Waals surface area contributed by atoms with Gasteiger partial charge in [-0.05, 0) is 30.7 Å². The van der Waals surface area contributed by atoms with E-state index in [-0.39, 0.29) is 0 Å². The SMILES string of the molecule is CCc1c(CN)cnn1-c1ccc(C(F)(F)F)cc1. The summed E-state index contributed by atoms with van der Waals surface area (Å²) in [4.78, 5) is 0. The summed E-state index contributed by atoms with van der Waals surface area (Å²) >= 11 is 0. The molecule has 0 fully saturated rings. The van der Waals surface area contributed by atoms with Gasteiger partial charge < -0.3 is 5.73 Å². The Labute approximate surface area is 108 Å².